The van der Waals surface area contributed by atoms with E-state index in [4.69, 9.17) is 16.3 Å². The molecule has 1 N–H and O–H groups in total. The molecule has 1 amide bonds. The van der Waals surface area contributed by atoms with E-state index in [2.05, 4.69) is 10.1 Å². The molecular formula is C15H10ClF4NO3. The van der Waals surface area contributed by atoms with Crippen molar-refractivity contribution in [3.8, 4) is 11.5 Å². The molecule has 0 aliphatic carbocycles. The Balaban J connectivity index is 2.50. The number of amides is 1. The van der Waals surface area contributed by atoms with Crippen LogP contribution in [0.25, 0.3) is 0 Å². The molecule has 0 atom stereocenters. The van der Waals surface area contributed by atoms with E-state index in [9.17, 15) is 22.4 Å². The number of benzene rings is 2. The van der Waals surface area contributed by atoms with Gasteiger partial charge in [0, 0.05) is 5.02 Å². The third-order valence-corrected chi connectivity index (χ3v) is 3.30. The molecular weight excluding hydrogens is 354 g/mol. The van der Waals surface area contributed by atoms with E-state index in [0.29, 0.717) is 0 Å². The largest absolute Gasteiger partial charge is 0.495 e. The maximum Gasteiger partial charge on any atom is 0.261 e. The SMILES string of the molecule is COc1ccc(Cl)cc1NC(=O)c1c(F)c(F)c(OC)c(F)c1F. The molecule has 0 saturated heterocycles. The number of methoxy groups -OCH3 is 2. The smallest absolute Gasteiger partial charge is 0.261 e. The van der Waals surface area contributed by atoms with Crippen molar-refractivity contribution in [1.82, 2.24) is 0 Å². The van der Waals surface area contributed by atoms with Crippen LogP contribution in [-0.2, 0) is 0 Å². The van der Waals surface area contributed by atoms with Crippen LogP contribution >= 0.6 is 11.6 Å². The first kappa shape index (κ1) is 17.9. The number of halogens is 5. The van der Waals surface area contributed by atoms with E-state index in [0.717, 1.165) is 7.11 Å². The van der Waals surface area contributed by atoms with Gasteiger partial charge in [-0.3, -0.25) is 4.79 Å². The quantitative estimate of drug-likeness (QED) is 0.655. The zero-order valence-electron chi connectivity index (χ0n) is 12.3. The Bertz CT molecular complexity index is 785. The van der Waals surface area contributed by atoms with Gasteiger partial charge in [-0.2, -0.15) is 8.78 Å². The monoisotopic (exact) mass is 363 g/mol. The van der Waals surface area contributed by atoms with Gasteiger partial charge in [-0.05, 0) is 18.2 Å². The molecule has 0 bridgehead atoms. The zero-order valence-corrected chi connectivity index (χ0v) is 13.1. The maximum atomic E-state index is 13.9. The van der Waals surface area contributed by atoms with Crippen LogP contribution in [0.1, 0.15) is 10.4 Å². The lowest BCUT2D eigenvalue weighted by Crippen LogP contribution is -2.19. The highest BCUT2D eigenvalue weighted by Gasteiger charge is 2.30. The fourth-order valence-corrected chi connectivity index (χ4v) is 2.12. The van der Waals surface area contributed by atoms with Crippen LogP contribution in [-0.4, -0.2) is 20.1 Å². The number of hydrogen-bond donors (Lipinski definition) is 1. The van der Waals surface area contributed by atoms with Crippen LogP contribution in [0.3, 0.4) is 0 Å². The number of anilines is 1. The highest BCUT2D eigenvalue weighted by molar-refractivity contribution is 6.31. The van der Waals surface area contributed by atoms with Crippen molar-refractivity contribution in [2.45, 2.75) is 0 Å². The van der Waals surface area contributed by atoms with Crippen LogP contribution in [0.15, 0.2) is 18.2 Å². The van der Waals surface area contributed by atoms with Gasteiger partial charge in [0.25, 0.3) is 5.91 Å². The number of ether oxygens (including phenoxy) is 2. The molecule has 2 aromatic carbocycles. The van der Waals surface area contributed by atoms with E-state index in [1.54, 1.807) is 0 Å². The van der Waals surface area contributed by atoms with Gasteiger partial charge >= 0.3 is 0 Å². The number of carbonyl (C=O) groups is 1. The molecule has 0 aliphatic heterocycles. The second kappa shape index (κ2) is 6.96. The highest BCUT2D eigenvalue weighted by Crippen LogP contribution is 2.32. The van der Waals surface area contributed by atoms with Crippen molar-refractivity contribution in [2.75, 3.05) is 19.5 Å². The minimum atomic E-state index is -1.88. The topological polar surface area (TPSA) is 47.6 Å². The predicted octanol–water partition coefficient (Wildman–Crippen LogP) is 4.17. The summed E-state index contributed by atoms with van der Waals surface area (Å²) >= 11 is 5.76. The molecule has 9 heteroatoms. The Morgan fingerprint density at radius 2 is 1.58 bits per heavy atom. The number of rotatable bonds is 4. The summed E-state index contributed by atoms with van der Waals surface area (Å²) in [5, 5.41) is 2.28. The summed E-state index contributed by atoms with van der Waals surface area (Å²) in [5.41, 5.74) is -1.47. The lowest BCUT2D eigenvalue weighted by atomic mass is 10.1. The van der Waals surface area contributed by atoms with Gasteiger partial charge < -0.3 is 14.8 Å². The van der Waals surface area contributed by atoms with Crippen LogP contribution in [0.5, 0.6) is 11.5 Å². The van der Waals surface area contributed by atoms with E-state index in [1.165, 1.54) is 25.3 Å². The lowest BCUT2D eigenvalue weighted by molar-refractivity contribution is 0.101. The van der Waals surface area contributed by atoms with Gasteiger partial charge in [0.2, 0.25) is 11.6 Å². The minimum absolute atomic E-state index is 0.0366. The number of hydrogen-bond acceptors (Lipinski definition) is 3. The Kier molecular flexibility index (Phi) is 5.18. The molecule has 0 fully saturated rings. The van der Waals surface area contributed by atoms with Crippen LogP contribution < -0.4 is 14.8 Å². The molecule has 2 aromatic rings. The molecule has 2 rings (SSSR count). The summed E-state index contributed by atoms with van der Waals surface area (Å²) in [4.78, 5) is 12.1. The Morgan fingerprint density at radius 1 is 1.00 bits per heavy atom. The minimum Gasteiger partial charge on any atom is -0.495 e. The van der Waals surface area contributed by atoms with E-state index in [1.807, 2.05) is 0 Å². The molecule has 0 spiro atoms. The molecule has 0 unspecified atom stereocenters. The van der Waals surface area contributed by atoms with Gasteiger partial charge in [-0.15, -0.1) is 0 Å². The number of nitrogens with one attached hydrogen (secondary N) is 1. The molecule has 0 saturated carbocycles. The van der Waals surface area contributed by atoms with Crippen molar-refractivity contribution in [1.29, 1.82) is 0 Å². The Labute approximate surface area is 138 Å². The predicted molar refractivity (Wildman–Crippen MR) is 78.8 cm³/mol. The molecule has 128 valence electrons. The second-order valence-corrected chi connectivity index (χ2v) is 4.90. The van der Waals surface area contributed by atoms with Gasteiger partial charge in [-0.1, -0.05) is 11.6 Å². The lowest BCUT2D eigenvalue weighted by Gasteiger charge is -2.13. The van der Waals surface area contributed by atoms with Gasteiger partial charge in [0.15, 0.2) is 17.4 Å². The van der Waals surface area contributed by atoms with Crippen molar-refractivity contribution >= 4 is 23.2 Å². The molecule has 0 radical (unpaired) electrons. The summed E-state index contributed by atoms with van der Waals surface area (Å²) in [7, 11) is 2.11. The van der Waals surface area contributed by atoms with Crippen molar-refractivity contribution in [3.63, 3.8) is 0 Å². The van der Waals surface area contributed by atoms with Crippen molar-refractivity contribution < 1.29 is 31.8 Å². The van der Waals surface area contributed by atoms with Gasteiger partial charge in [0.05, 0.1) is 19.9 Å². The zero-order chi connectivity index (χ0) is 18.0. The summed E-state index contributed by atoms with van der Waals surface area (Å²) in [5.74, 6) is -9.97. The molecule has 24 heavy (non-hydrogen) atoms. The second-order valence-electron chi connectivity index (χ2n) is 4.46. The van der Waals surface area contributed by atoms with Crippen LogP contribution in [0, 0.1) is 23.3 Å². The normalized spacial score (nSPS) is 10.5. The first-order chi connectivity index (χ1) is 11.3. The molecule has 0 aliphatic rings. The van der Waals surface area contributed by atoms with Crippen molar-refractivity contribution in [3.05, 3.63) is 52.1 Å². The fourth-order valence-electron chi connectivity index (χ4n) is 1.95. The third kappa shape index (κ3) is 3.09. The summed E-state index contributed by atoms with van der Waals surface area (Å²) < 4.78 is 64.4. The maximum absolute atomic E-state index is 13.9. The average molecular weight is 364 g/mol. The molecule has 0 heterocycles. The Hall–Kier alpha value is -2.48. The van der Waals surface area contributed by atoms with E-state index in [-0.39, 0.29) is 16.5 Å². The first-order valence-corrected chi connectivity index (χ1v) is 6.74. The van der Waals surface area contributed by atoms with Crippen LogP contribution in [0.2, 0.25) is 5.02 Å². The Morgan fingerprint density at radius 3 is 2.08 bits per heavy atom. The fraction of sp³-hybridized carbons (Fsp3) is 0.133. The van der Waals surface area contributed by atoms with Crippen molar-refractivity contribution in [2.24, 2.45) is 0 Å². The van der Waals surface area contributed by atoms with Gasteiger partial charge in [-0.25, -0.2) is 8.78 Å². The summed E-state index contributed by atoms with van der Waals surface area (Å²) in [6.07, 6.45) is 0. The third-order valence-electron chi connectivity index (χ3n) is 3.06. The molecule has 0 aromatic heterocycles. The average Bonchev–Trinajstić information content (AvgIpc) is 2.54. The van der Waals surface area contributed by atoms with Gasteiger partial charge in [0.1, 0.15) is 11.3 Å². The van der Waals surface area contributed by atoms with Crippen LogP contribution in [0.4, 0.5) is 23.2 Å². The number of carbonyl (C=O) groups excluding carboxylic acids is 1. The summed E-state index contributed by atoms with van der Waals surface area (Å²) in [6, 6.07) is 4.08. The summed E-state index contributed by atoms with van der Waals surface area (Å²) in [6.45, 7) is 0. The highest BCUT2D eigenvalue weighted by atomic mass is 35.5. The molecule has 4 nitrogen and oxygen atoms in total. The van der Waals surface area contributed by atoms with E-state index >= 15 is 0 Å². The standard InChI is InChI=1S/C15H10ClF4NO3/c1-23-8-4-3-6(16)5-7(8)21-15(22)9-10(17)12(19)14(24-2)13(20)11(9)18/h3-5H,1-2H3,(H,21,22). The first-order valence-electron chi connectivity index (χ1n) is 6.36. The van der Waals surface area contributed by atoms with E-state index < -0.39 is 40.5 Å².